The average molecular weight is 432 g/mol. The number of anilines is 1. The summed E-state index contributed by atoms with van der Waals surface area (Å²) in [6.07, 6.45) is 0.797. The molecule has 6 nitrogen and oxygen atoms in total. The molecule has 0 unspecified atom stereocenters. The third-order valence-corrected chi connectivity index (χ3v) is 4.15. The molecule has 0 saturated carbocycles. The molecule has 0 bridgehead atoms. The van der Waals surface area contributed by atoms with E-state index in [2.05, 4.69) is 32.6 Å². The summed E-state index contributed by atoms with van der Waals surface area (Å²) in [4.78, 5) is 12.0. The van der Waals surface area contributed by atoms with Crippen LogP contribution in [0, 0.1) is 11.3 Å². The van der Waals surface area contributed by atoms with E-state index >= 15 is 0 Å². The molecule has 0 aliphatic carbocycles. The fourth-order valence-electron chi connectivity index (χ4n) is 2.33. The van der Waals surface area contributed by atoms with Crippen molar-refractivity contribution < 1.29 is 14.3 Å². The lowest BCUT2D eigenvalue weighted by molar-refractivity contribution is -0.123. The number of hydrogen-bond acceptors (Lipinski definition) is 5. The highest BCUT2D eigenvalue weighted by molar-refractivity contribution is 9.10. The molecule has 2 rings (SSSR count). The molecule has 0 aliphatic rings. The van der Waals surface area contributed by atoms with E-state index in [1.54, 1.807) is 12.1 Å². The van der Waals surface area contributed by atoms with Crippen LogP contribution in [-0.2, 0) is 4.79 Å². The molecular weight excluding hydrogens is 410 g/mol. The van der Waals surface area contributed by atoms with E-state index in [-0.39, 0.29) is 12.5 Å². The monoisotopic (exact) mass is 431 g/mol. The first kappa shape index (κ1) is 20.6. The number of benzene rings is 2. The van der Waals surface area contributed by atoms with E-state index in [9.17, 15) is 4.79 Å². The maximum absolute atomic E-state index is 12.0. The number of rotatable bonds is 10. The number of nitrogens with one attached hydrogen (secondary N) is 2. The Balaban J connectivity index is 1.76. The zero-order chi connectivity index (χ0) is 19.5. The van der Waals surface area contributed by atoms with E-state index in [0.717, 1.165) is 18.7 Å². The molecule has 27 heavy (non-hydrogen) atoms. The normalized spacial score (nSPS) is 9.96. The SMILES string of the molecule is CCOc1cc(C#N)cc(Br)c1OCC(=O)NCCCNc1ccccc1. The average Bonchev–Trinajstić information content (AvgIpc) is 2.68. The number of halogens is 1. The van der Waals surface area contributed by atoms with Crippen LogP contribution < -0.4 is 20.1 Å². The summed E-state index contributed by atoms with van der Waals surface area (Å²) in [5.74, 6) is 0.633. The van der Waals surface area contributed by atoms with Gasteiger partial charge in [-0.2, -0.15) is 5.26 Å². The van der Waals surface area contributed by atoms with Gasteiger partial charge in [0, 0.05) is 24.8 Å². The van der Waals surface area contributed by atoms with Crippen molar-refractivity contribution in [3.05, 3.63) is 52.5 Å². The quantitative estimate of drug-likeness (QED) is 0.560. The van der Waals surface area contributed by atoms with Gasteiger partial charge in [0.2, 0.25) is 0 Å². The van der Waals surface area contributed by atoms with Crippen molar-refractivity contribution in [1.82, 2.24) is 5.32 Å². The number of ether oxygens (including phenoxy) is 2. The van der Waals surface area contributed by atoms with E-state index in [4.69, 9.17) is 14.7 Å². The van der Waals surface area contributed by atoms with Crippen molar-refractivity contribution in [3.8, 4) is 17.6 Å². The Hall–Kier alpha value is -2.72. The van der Waals surface area contributed by atoms with Crippen molar-refractivity contribution in [2.75, 3.05) is 31.6 Å². The van der Waals surface area contributed by atoms with Crippen molar-refractivity contribution in [2.24, 2.45) is 0 Å². The third-order valence-electron chi connectivity index (χ3n) is 3.56. The smallest absolute Gasteiger partial charge is 0.257 e. The maximum atomic E-state index is 12.0. The van der Waals surface area contributed by atoms with Crippen LogP contribution in [0.2, 0.25) is 0 Å². The van der Waals surface area contributed by atoms with Gasteiger partial charge in [0.25, 0.3) is 5.91 Å². The summed E-state index contributed by atoms with van der Waals surface area (Å²) in [6, 6.07) is 15.2. The summed E-state index contributed by atoms with van der Waals surface area (Å²) in [6.45, 7) is 3.46. The molecule has 2 aromatic rings. The number of carbonyl (C=O) groups excluding carboxylic acids is 1. The Kier molecular flexibility index (Phi) is 8.46. The van der Waals surface area contributed by atoms with Gasteiger partial charge in [-0.15, -0.1) is 0 Å². The largest absolute Gasteiger partial charge is 0.490 e. The fraction of sp³-hybridized carbons (Fsp3) is 0.300. The number of carbonyl (C=O) groups is 1. The van der Waals surface area contributed by atoms with Gasteiger partial charge in [0.05, 0.1) is 22.7 Å². The first-order valence-electron chi connectivity index (χ1n) is 8.69. The lowest BCUT2D eigenvalue weighted by Crippen LogP contribution is -2.30. The van der Waals surface area contributed by atoms with E-state index in [0.29, 0.717) is 34.7 Å². The lowest BCUT2D eigenvalue weighted by atomic mass is 10.2. The van der Waals surface area contributed by atoms with E-state index in [1.165, 1.54) is 0 Å². The molecule has 0 saturated heterocycles. The predicted molar refractivity (Wildman–Crippen MR) is 108 cm³/mol. The number of para-hydroxylation sites is 1. The molecule has 0 spiro atoms. The molecule has 0 heterocycles. The Labute approximate surface area is 167 Å². The second-order valence-electron chi connectivity index (χ2n) is 5.62. The minimum absolute atomic E-state index is 0.128. The van der Waals surface area contributed by atoms with Gasteiger partial charge in [-0.3, -0.25) is 4.79 Å². The number of nitriles is 1. The van der Waals surface area contributed by atoms with Crippen molar-refractivity contribution in [3.63, 3.8) is 0 Å². The molecule has 0 aliphatic heterocycles. The molecule has 1 amide bonds. The van der Waals surface area contributed by atoms with Crippen molar-refractivity contribution in [2.45, 2.75) is 13.3 Å². The Morgan fingerprint density at radius 3 is 2.67 bits per heavy atom. The summed E-state index contributed by atoms with van der Waals surface area (Å²) in [5, 5.41) is 15.1. The van der Waals surface area contributed by atoms with Crippen LogP contribution in [0.15, 0.2) is 46.9 Å². The predicted octanol–water partition coefficient (Wildman–Crippen LogP) is 3.72. The summed E-state index contributed by atoms with van der Waals surface area (Å²) >= 11 is 3.36. The Morgan fingerprint density at radius 2 is 1.96 bits per heavy atom. The van der Waals surface area contributed by atoms with Crippen LogP contribution in [0.4, 0.5) is 5.69 Å². The summed E-state index contributed by atoms with van der Waals surface area (Å²) in [7, 11) is 0. The minimum Gasteiger partial charge on any atom is -0.490 e. The molecule has 0 fully saturated rings. The van der Waals surface area contributed by atoms with Crippen LogP contribution in [0.5, 0.6) is 11.5 Å². The maximum Gasteiger partial charge on any atom is 0.257 e. The summed E-state index contributed by atoms with van der Waals surface area (Å²) < 4.78 is 11.7. The lowest BCUT2D eigenvalue weighted by Gasteiger charge is -2.14. The zero-order valence-corrected chi connectivity index (χ0v) is 16.7. The summed E-state index contributed by atoms with van der Waals surface area (Å²) in [5.41, 5.74) is 1.51. The van der Waals surface area contributed by atoms with Crippen LogP contribution in [-0.4, -0.2) is 32.2 Å². The standard InChI is InChI=1S/C20H22BrN3O3/c1-2-26-18-12-15(13-22)11-17(21)20(18)27-14-19(25)24-10-6-9-23-16-7-4-3-5-8-16/h3-5,7-8,11-12,23H,2,6,9-10,14H2,1H3,(H,24,25). The highest BCUT2D eigenvalue weighted by Crippen LogP contribution is 2.36. The van der Waals surface area contributed by atoms with Crippen molar-refractivity contribution >= 4 is 27.5 Å². The second-order valence-corrected chi connectivity index (χ2v) is 6.47. The van der Waals surface area contributed by atoms with Gasteiger partial charge in [-0.05, 0) is 47.5 Å². The Bertz CT molecular complexity index is 791. The van der Waals surface area contributed by atoms with Gasteiger partial charge >= 0.3 is 0 Å². The Morgan fingerprint density at radius 1 is 1.19 bits per heavy atom. The molecule has 2 N–H and O–H groups in total. The minimum atomic E-state index is -0.214. The zero-order valence-electron chi connectivity index (χ0n) is 15.1. The van der Waals surface area contributed by atoms with Gasteiger partial charge in [-0.1, -0.05) is 18.2 Å². The first-order chi connectivity index (χ1) is 13.1. The molecule has 7 heteroatoms. The first-order valence-corrected chi connectivity index (χ1v) is 9.48. The van der Waals surface area contributed by atoms with Gasteiger partial charge < -0.3 is 20.1 Å². The molecular formula is C20H22BrN3O3. The van der Waals surface area contributed by atoms with Gasteiger partial charge in [0.1, 0.15) is 0 Å². The van der Waals surface area contributed by atoms with Gasteiger partial charge in [-0.25, -0.2) is 0 Å². The molecule has 0 aromatic heterocycles. The molecule has 0 radical (unpaired) electrons. The van der Waals surface area contributed by atoms with Crippen LogP contribution in [0.25, 0.3) is 0 Å². The molecule has 0 atom stereocenters. The fourth-order valence-corrected chi connectivity index (χ4v) is 2.89. The van der Waals surface area contributed by atoms with Crippen molar-refractivity contribution in [1.29, 1.82) is 5.26 Å². The topological polar surface area (TPSA) is 83.4 Å². The third kappa shape index (κ3) is 6.83. The van der Waals surface area contributed by atoms with Crippen LogP contribution >= 0.6 is 15.9 Å². The van der Waals surface area contributed by atoms with Gasteiger partial charge in [0.15, 0.2) is 18.1 Å². The van der Waals surface area contributed by atoms with E-state index < -0.39 is 0 Å². The molecule has 2 aromatic carbocycles. The van der Waals surface area contributed by atoms with Crippen LogP contribution in [0.3, 0.4) is 0 Å². The molecule has 142 valence electrons. The van der Waals surface area contributed by atoms with Crippen LogP contribution in [0.1, 0.15) is 18.9 Å². The second kappa shape index (κ2) is 11.1. The highest BCUT2D eigenvalue weighted by Gasteiger charge is 2.14. The number of hydrogen-bond donors (Lipinski definition) is 2. The number of nitrogens with zero attached hydrogens (tertiary/aromatic N) is 1. The highest BCUT2D eigenvalue weighted by atomic mass is 79.9. The number of amides is 1. The van der Waals surface area contributed by atoms with E-state index in [1.807, 2.05) is 37.3 Å².